The number of anilines is 1. The van der Waals surface area contributed by atoms with Crippen LogP contribution in [0.5, 0.6) is 0 Å². The van der Waals surface area contributed by atoms with Crippen molar-refractivity contribution in [3.05, 3.63) is 91.4 Å². The van der Waals surface area contributed by atoms with E-state index in [0.29, 0.717) is 39.6 Å². The van der Waals surface area contributed by atoms with Crippen LogP contribution in [-0.2, 0) is 0 Å². The number of fused-ring (bicyclic) bond motifs is 2. The average molecular weight is 488 g/mol. The van der Waals surface area contributed by atoms with Crippen LogP contribution >= 0.6 is 0 Å². The first-order valence-electron chi connectivity index (χ1n) is 12.1. The zero-order valence-corrected chi connectivity index (χ0v) is 19.8. The molecule has 4 aromatic heterocycles. The van der Waals surface area contributed by atoms with Gasteiger partial charge in [0, 0.05) is 40.2 Å². The van der Waals surface area contributed by atoms with Crippen LogP contribution < -0.4 is 5.32 Å². The van der Waals surface area contributed by atoms with Gasteiger partial charge in [-0.25, -0.2) is 9.37 Å². The summed E-state index contributed by atoms with van der Waals surface area (Å²) in [6.07, 6.45) is 9.37. The summed E-state index contributed by atoms with van der Waals surface area (Å²) >= 11 is 0. The molecular weight excluding hydrogens is 465 g/mol. The van der Waals surface area contributed by atoms with E-state index in [1.54, 1.807) is 30.6 Å². The SMILES string of the molecule is C=C(Nc1cncc(-c2ccc3[nH]nc(-c4nc5c(-c6ccccc6F)cncc5[nH]4)c3c2)c1)C1CC1. The van der Waals surface area contributed by atoms with Gasteiger partial charge in [0.25, 0.3) is 0 Å². The average Bonchev–Trinajstić information content (AvgIpc) is 3.55. The number of benzene rings is 2. The van der Waals surface area contributed by atoms with E-state index < -0.39 is 0 Å². The standard InChI is InChI=1S/C29H22FN7/c1-16(17-6-7-17)33-20-10-19(12-31-13-20)18-8-9-25-22(11-18)28(37-36-25)29-34-26-15-32-14-23(27(26)35-29)21-4-2-3-5-24(21)30/h2-5,8-15,17,33H,1,6-7H2,(H,34,35)(H,36,37). The van der Waals surface area contributed by atoms with Crippen molar-refractivity contribution in [1.29, 1.82) is 0 Å². The van der Waals surface area contributed by atoms with Crippen LogP contribution in [-0.4, -0.2) is 30.1 Å². The minimum Gasteiger partial charge on any atom is -0.358 e. The molecule has 7 nitrogen and oxygen atoms in total. The summed E-state index contributed by atoms with van der Waals surface area (Å²) in [6.45, 7) is 4.15. The Morgan fingerprint density at radius 1 is 0.919 bits per heavy atom. The number of rotatable bonds is 6. The van der Waals surface area contributed by atoms with Crippen molar-refractivity contribution in [1.82, 2.24) is 30.1 Å². The molecule has 0 atom stereocenters. The fourth-order valence-electron chi connectivity index (χ4n) is 4.68. The van der Waals surface area contributed by atoms with E-state index in [1.165, 1.54) is 18.9 Å². The maximum atomic E-state index is 14.5. The molecule has 7 rings (SSSR count). The van der Waals surface area contributed by atoms with Gasteiger partial charge < -0.3 is 10.3 Å². The van der Waals surface area contributed by atoms with Crippen molar-refractivity contribution >= 4 is 27.6 Å². The predicted molar refractivity (Wildman–Crippen MR) is 143 cm³/mol. The topological polar surface area (TPSA) is 95.2 Å². The van der Waals surface area contributed by atoms with Crippen molar-refractivity contribution < 1.29 is 4.39 Å². The van der Waals surface area contributed by atoms with Gasteiger partial charge in [0.15, 0.2) is 5.82 Å². The lowest BCUT2D eigenvalue weighted by molar-refractivity contribution is 0.631. The highest BCUT2D eigenvalue weighted by atomic mass is 19.1. The highest BCUT2D eigenvalue weighted by Crippen LogP contribution is 2.37. The number of hydrogen-bond donors (Lipinski definition) is 3. The number of imidazole rings is 1. The number of halogens is 1. The number of pyridine rings is 2. The minimum atomic E-state index is -0.317. The van der Waals surface area contributed by atoms with Gasteiger partial charge in [0.05, 0.1) is 29.1 Å². The Bertz CT molecular complexity index is 1810. The molecule has 0 unspecified atom stereocenters. The second kappa shape index (κ2) is 8.37. The van der Waals surface area contributed by atoms with Gasteiger partial charge in [-0.05, 0) is 48.6 Å². The lowest BCUT2D eigenvalue weighted by atomic mass is 10.0. The highest BCUT2D eigenvalue weighted by molar-refractivity contribution is 5.98. The van der Waals surface area contributed by atoms with E-state index in [2.05, 4.69) is 49.2 Å². The van der Waals surface area contributed by atoms with Crippen molar-refractivity contribution in [3.63, 3.8) is 0 Å². The van der Waals surface area contributed by atoms with Crippen molar-refractivity contribution in [3.8, 4) is 33.8 Å². The molecule has 0 saturated heterocycles. The third-order valence-electron chi connectivity index (χ3n) is 6.79. The first-order valence-corrected chi connectivity index (χ1v) is 12.1. The van der Waals surface area contributed by atoms with Crippen LogP contribution in [0.4, 0.5) is 10.1 Å². The summed E-state index contributed by atoms with van der Waals surface area (Å²) in [4.78, 5) is 16.9. The Hall–Kier alpha value is -4.85. The van der Waals surface area contributed by atoms with Gasteiger partial charge in [-0.1, -0.05) is 30.8 Å². The molecular formula is C29H22FN7. The molecule has 0 radical (unpaired) electrons. The van der Waals surface area contributed by atoms with E-state index >= 15 is 0 Å². The molecule has 8 heteroatoms. The van der Waals surface area contributed by atoms with Gasteiger partial charge in [-0.3, -0.25) is 15.1 Å². The summed E-state index contributed by atoms with van der Waals surface area (Å²) in [5.74, 6) is 0.826. The van der Waals surface area contributed by atoms with Crippen LogP contribution in [0, 0.1) is 11.7 Å². The normalized spacial score (nSPS) is 13.3. The molecule has 37 heavy (non-hydrogen) atoms. The Morgan fingerprint density at radius 2 is 1.78 bits per heavy atom. The van der Waals surface area contributed by atoms with Gasteiger partial charge in [0.1, 0.15) is 17.0 Å². The Kier molecular flexibility index (Phi) is 4.85. The monoisotopic (exact) mass is 487 g/mol. The third-order valence-corrected chi connectivity index (χ3v) is 6.79. The molecule has 0 bridgehead atoms. The molecule has 6 aromatic rings. The molecule has 180 valence electrons. The summed E-state index contributed by atoms with van der Waals surface area (Å²) < 4.78 is 14.5. The highest BCUT2D eigenvalue weighted by Gasteiger charge is 2.24. The van der Waals surface area contributed by atoms with Crippen molar-refractivity contribution in [2.24, 2.45) is 5.92 Å². The number of nitrogens with zero attached hydrogens (tertiary/aromatic N) is 4. The van der Waals surface area contributed by atoms with Crippen LogP contribution in [0.1, 0.15) is 12.8 Å². The smallest absolute Gasteiger partial charge is 0.159 e. The fraction of sp³-hybridized carbons (Fsp3) is 0.103. The Labute approximate surface area is 211 Å². The molecule has 0 aliphatic heterocycles. The summed E-state index contributed by atoms with van der Waals surface area (Å²) in [7, 11) is 0. The number of nitrogens with one attached hydrogen (secondary N) is 3. The second-order valence-electron chi connectivity index (χ2n) is 9.37. The quantitative estimate of drug-likeness (QED) is 0.243. The second-order valence-corrected chi connectivity index (χ2v) is 9.37. The molecule has 0 spiro atoms. The predicted octanol–water partition coefficient (Wildman–Crippen LogP) is 6.70. The molecule has 0 amide bonds. The first-order chi connectivity index (χ1) is 18.1. The van der Waals surface area contributed by atoms with E-state index in [1.807, 2.05) is 24.5 Å². The Balaban J connectivity index is 1.29. The molecule has 1 fully saturated rings. The van der Waals surface area contributed by atoms with Crippen molar-refractivity contribution in [2.45, 2.75) is 12.8 Å². The van der Waals surface area contributed by atoms with E-state index in [4.69, 9.17) is 4.98 Å². The Morgan fingerprint density at radius 3 is 2.65 bits per heavy atom. The zero-order valence-electron chi connectivity index (χ0n) is 19.8. The van der Waals surface area contributed by atoms with Gasteiger partial charge in [0.2, 0.25) is 0 Å². The number of allylic oxidation sites excluding steroid dienone is 1. The summed E-state index contributed by atoms with van der Waals surface area (Å²) in [5.41, 5.74) is 7.95. The maximum Gasteiger partial charge on any atom is 0.159 e. The lowest BCUT2D eigenvalue weighted by Crippen LogP contribution is -2.00. The van der Waals surface area contributed by atoms with Gasteiger partial charge in [-0.15, -0.1) is 0 Å². The van der Waals surface area contributed by atoms with Crippen LogP contribution in [0.15, 0.2) is 85.6 Å². The summed E-state index contributed by atoms with van der Waals surface area (Å²) in [5, 5.41) is 12.0. The molecule has 1 aliphatic carbocycles. The van der Waals surface area contributed by atoms with Crippen LogP contribution in [0.2, 0.25) is 0 Å². The van der Waals surface area contributed by atoms with Crippen LogP contribution in [0.25, 0.3) is 55.7 Å². The van der Waals surface area contributed by atoms with Crippen molar-refractivity contribution in [2.75, 3.05) is 5.32 Å². The van der Waals surface area contributed by atoms with Gasteiger partial charge in [-0.2, -0.15) is 5.10 Å². The zero-order chi connectivity index (χ0) is 24.9. The van der Waals surface area contributed by atoms with E-state index in [0.717, 1.165) is 33.4 Å². The number of H-pyrrole nitrogens is 2. The third kappa shape index (κ3) is 3.83. The number of aromatic amines is 2. The van der Waals surface area contributed by atoms with Gasteiger partial charge >= 0.3 is 0 Å². The first kappa shape index (κ1) is 21.4. The fourth-order valence-corrected chi connectivity index (χ4v) is 4.68. The molecule has 1 aliphatic rings. The molecule has 4 heterocycles. The largest absolute Gasteiger partial charge is 0.358 e. The summed E-state index contributed by atoms with van der Waals surface area (Å²) in [6, 6.07) is 14.8. The maximum absolute atomic E-state index is 14.5. The van der Waals surface area contributed by atoms with E-state index in [-0.39, 0.29) is 5.82 Å². The number of aromatic nitrogens is 6. The molecule has 3 N–H and O–H groups in total. The molecule has 1 saturated carbocycles. The lowest BCUT2D eigenvalue weighted by Gasteiger charge is -2.10. The van der Waals surface area contributed by atoms with Crippen LogP contribution in [0.3, 0.4) is 0 Å². The minimum absolute atomic E-state index is 0.317. The molecule has 2 aromatic carbocycles. The number of hydrogen-bond acceptors (Lipinski definition) is 5. The van der Waals surface area contributed by atoms with E-state index in [9.17, 15) is 4.39 Å².